The van der Waals surface area contributed by atoms with Gasteiger partial charge in [-0.3, -0.25) is 24.0 Å². The van der Waals surface area contributed by atoms with Gasteiger partial charge >= 0.3 is 29.8 Å². The van der Waals surface area contributed by atoms with Crippen LogP contribution in [-0.2, 0) is 89.1 Å². The van der Waals surface area contributed by atoms with E-state index in [4.69, 9.17) is 72.4 Å². The molecule has 20 nitrogen and oxygen atoms in total. The lowest BCUT2D eigenvalue weighted by molar-refractivity contribution is -0.138. The highest BCUT2D eigenvalue weighted by Crippen LogP contribution is 2.43. The van der Waals surface area contributed by atoms with Gasteiger partial charge in [0.1, 0.15) is 85.1 Å². The standard InChI is InChI=1S/C20H20Br2FNO3.C20H22Br2FNO3.C19H20Br2FNO3.C18H17Br2Cl2NO3.C18H18Br2FNO3/c21-16-8-12(4-7-19(25)26)9-17(22)20(16)27-11-13-10-15(5-6-18(13)23)24-14-2-1-3-14;1-3-12(2)24-15-5-6-18(23)14(10-15)11-27-20-16(21)8-13(9-17(20)22)4-7-19(25)26;1-11(2)23-14-4-5-17(22)13(9-14)10-26-19-15(20)7-12(8-16(19)21)3-6-18(24)25;1-2-23-15-8-12(21)7-11(17(15)22)9-26-18-13(19)5-10(6-14(18)20)3-4-16(24)25;1-2-22-13-4-5-16(21)12(9-13)10-25-18-14(19)7-11(8-15(18)20)3-6-17(23)24/h5-6,8-10,14,24H,1-4,7,11H2,(H,25,26);5-6,8-10,12,24H,3-4,7,11H2,1-2H3,(H,25,26);4-5,7-9,11,23H,3,6,10H2,1-2H3,(H,24,25);5-8,23H,2-4,9H2,1H3,(H,24,25);4-5,7-9,22H,2-3,6,10H2,1H3,(H,23,24). The average molecular weight is 2490 g/mol. The molecule has 1 saturated carbocycles. The van der Waals surface area contributed by atoms with Gasteiger partial charge in [-0.15, -0.1) is 0 Å². The quantitative estimate of drug-likeness (QED) is 0.0159. The molecule has 0 amide bonds. The predicted octanol–water partition coefficient (Wildman–Crippen LogP) is 29.8. The van der Waals surface area contributed by atoms with Gasteiger partial charge in [0.2, 0.25) is 0 Å². The summed E-state index contributed by atoms with van der Waals surface area (Å²) in [5, 5.41) is 61.4. The van der Waals surface area contributed by atoms with Crippen molar-refractivity contribution in [2.75, 3.05) is 39.7 Å². The molecule has 36 heteroatoms. The summed E-state index contributed by atoms with van der Waals surface area (Å²) in [5.41, 5.74) is 11.2. The number of anilines is 5. The number of carboxylic acids is 5. The van der Waals surface area contributed by atoms with E-state index in [1.165, 1.54) is 30.7 Å². The number of halogens is 16. The first-order valence-electron chi connectivity index (χ1n) is 41.2. The van der Waals surface area contributed by atoms with Gasteiger partial charge in [-0.2, -0.15) is 0 Å². The zero-order valence-electron chi connectivity index (χ0n) is 71.8. The number of rotatable bonds is 41. The van der Waals surface area contributed by atoms with Gasteiger partial charge in [-0.25, -0.2) is 17.6 Å². The van der Waals surface area contributed by atoms with Crippen molar-refractivity contribution in [3.8, 4) is 28.7 Å². The van der Waals surface area contributed by atoms with Gasteiger partial charge in [0.25, 0.3) is 0 Å². The minimum Gasteiger partial charge on any atom is -0.486 e. The van der Waals surface area contributed by atoms with Gasteiger partial charge in [0.05, 0.1) is 55.4 Å². The van der Waals surface area contributed by atoms with Crippen LogP contribution in [0, 0.1) is 23.3 Å². The highest BCUT2D eigenvalue weighted by molar-refractivity contribution is 9.12. The molecule has 0 bridgehead atoms. The number of hydrogen-bond acceptors (Lipinski definition) is 15. The Morgan fingerprint density at radius 1 is 0.366 bits per heavy atom. The highest BCUT2D eigenvalue weighted by atomic mass is 79.9. The van der Waals surface area contributed by atoms with E-state index in [1.807, 2.05) is 88.4 Å². The lowest BCUT2D eigenvalue weighted by atomic mass is 9.93. The zero-order chi connectivity index (χ0) is 96.3. The Labute approximate surface area is 853 Å². The highest BCUT2D eigenvalue weighted by Gasteiger charge is 2.22. The molecule has 11 rings (SSSR count). The van der Waals surface area contributed by atoms with Crippen LogP contribution in [-0.4, -0.2) is 86.6 Å². The Hall–Kier alpha value is -7.35. The summed E-state index contributed by atoms with van der Waals surface area (Å²) in [5.74, 6) is -2.66. The topological polar surface area (TPSA) is 293 Å². The molecular weight excluding hydrogens is 2400 g/mol. The zero-order valence-corrected chi connectivity index (χ0v) is 89.2. The maximum atomic E-state index is 14.2. The third-order valence-corrected chi connectivity index (χ3v) is 25.8. The van der Waals surface area contributed by atoms with Crippen LogP contribution in [0.4, 0.5) is 46.0 Å². The van der Waals surface area contributed by atoms with Crippen molar-refractivity contribution in [3.05, 3.63) is 279 Å². The second-order valence-corrected chi connectivity index (χ2v) is 39.4. The molecule has 0 saturated heterocycles. The Morgan fingerprint density at radius 3 is 0.901 bits per heavy atom. The molecule has 0 aliphatic heterocycles. The fraction of sp³-hybridized carbons (Fsp3) is 0.316. The first-order chi connectivity index (χ1) is 62.2. The first-order valence-corrected chi connectivity index (χ1v) is 49.9. The average Bonchev–Trinajstić information content (AvgIpc) is 0.843. The normalized spacial score (nSPS) is 11.6. The van der Waals surface area contributed by atoms with Gasteiger partial charge in [-0.05, 0) is 425 Å². The maximum Gasteiger partial charge on any atom is 0.303 e. The van der Waals surface area contributed by atoms with E-state index >= 15 is 0 Å². The molecule has 0 heterocycles. The summed E-state index contributed by atoms with van der Waals surface area (Å²) in [6.07, 6.45) is 6.94. The van der Waals surface area contributed by atoms with E-state index in [9.17, 15) is 41.5 Å². The molecule has 131 heavy (non-hydrogen) atoms. The number of hydrogen-bond donors (Lipinski definition) is 10. The Bertz CT molecular complexity index is 5350. The number of ether oxygens (including phenoxy) is 5. The summed E-state index contributed by atoms with van der Waals surface area (Å²) in [7, 11) is 0. The van der Waals surface area contributed by atoms with Gasteiger partial charge in [-0.1, -0.05) is 30.1 Å². The molecule has 1 atom stereocenters. The van der Waals surface area contributed by atoms with E-state index in [0.29, 0.717) is 141 Å². The summed E-state index contributed by atoms with van der Waals surface area (Å²) >= 11 is 47.1. The molecule has 1 fully saturated rings. The number of nitrogens with one attached hydrogen (secondary N) is 5. The third-order valence-electron chi connectivity index (χ3n) is 19.3. The van der Waals surface area contributed by atoms with Crippen LogP contribution in [0.15, 0.2) is 190 Å². The lowest BCUT2D eigenvalue weighted by Gasteiger charge is -2.27. The van der Waals surface area contributed by atoms with Crippen LogP contribution in [0.5, 0.6) is 28.7 Å². The Morgan fingerprint density at radius 2 is 0.634 bits per heavy atom. The van der Waals surface area contributed by atoms with E-state index < -0.39 is 29.8 Å². The molecule has 10 aromatic rings. The van der Waals surface area contributed by atoms with Crippen molar-refractivity contribution in [1.82, 2.24) is 0 Å². The minimum absolute atomic E-state index is 0.0555. The summed E-state index contributed by atoms with van der Waals surface area (Å²) in [4.78, 5) is 53.6. The van der Waals surface area contributed by atoms with Crippen molar-refractivity contribution in [2.24, 2.45) is 0 Å². The first kappa shape index (κ1) is 111. The SMILES string of the molecule is CC(C)Nc1ccc(F)c(COc2c(Br)cc(CCC(=O)O)cc2Br)c1.CCC(C)Nc1ccc(F)c(COc2c(Br)cc(CCC(=O)O)cc2Br)c1.CCNc1cc(Cl)cc(COc2c(Br)cc(CCC(=O)O)cc2Br)c1Cl.CCNc1ccc(F)c(COc2c(Br)cc(CCC(=O)O)cc2Br)c1.O=C(O)CCc1cc(Br)c(OCc2cc(NC3CCC3)ccc2F)c(Br)c1. The second kappa shape index (κ2) is 56.2. The molecule has 0 spiro atoms. The van der Waals surface area contributed by atoms with E-state index in [0.717, 1.165) is 103 Å². The fourth-order valence-electron chi connectivity index (χ4n) is 12.4. The number of carbonyl (C=O) groups is 5. The van der Waals surface area contributed by atoms with Crippen LogP contribution in [0.25, 0.3) is 0 Å². The Kier molecular flexibility index (Phi) is 47.5. The van der Waals surface area contributed by atoms with Gasteiger partial charge in [0, 0.05) is 119 Å². The summed E-state index contributed by atoms with van der Waals surface area (Å²) in [6, 6.07) is 42.4. The van der Waals surface area contributed by atoms with Gasteiger partial charge < -0.3 is 75.8 Å². The lowest BCUT2D eigenvalue weighted by Crippen LogP contribution is -2.27. The molecular formula is C95H97Br10Cl2F4N5O15. The molecule has 1 unspecified atom stereocenters. The summed E-state index contributed by atoms with van der Waals surface area (Å²) < 4.78 is 92.5. The van der Waals surface area contributed by atoms with Gasteiger partial charge in [0.15, 0.2) is 0 Å². The number of carboxylic acid groups (broad SMARTS) is 5. The molecule has 1 aliphatic carbocycles. The monoisotopic (exact) mass is 2480 g/mol. The van der Waals surface area contributed by atoms with Crippen molar-refractivity contribution < 1.29 is 90.8 Å². The maximum absolute atomic E-state index is 14.2. The van der Waals surface area contributed by atoms with Crippen LogP contribution < -0.4 is 50.3 Å². The van der Waals surface area contributed by atoms with E-state index in [2.05, 4.69) is 200 Å². The molecule has 10 N–H and O–H groups in total. The van der Waals surface area contributed by atoms with Crippen LogP contribution in [0.2, 0.25) is 10.0 Å². The second-order valence-electron chi connectivity index (χ2n) is 30.1. The molecule has 704 valence electrons. The predicted molar refractivity (Wildman–Crippen MR) is 544 cm³/mol. The Balaban J connectivity index is 0.000000224. The molecule has 0 radical (unpaired) electrons. The smallest absolute Gasteiger partial charge is 0.303 e. The van der Waals surface area contributed by atoms with E-state index in [1.54, 1.807) is 60.7 Å². The van der Waals surface area contributed by atoms with Crippen molar-refractivity contribution in [2.45, 2.75) is 183 Å². The molecule has 1 aliphatic rings. The van der Waals surface area contributed by atoms with Crippen molar-refractivity contribution >= 4 is 241 Å². The van der Waals surface area contributed by atoms with Crippen LogP contribution in [0.3, 0.4) is 0 Å². The molecule has 10 aromatic carbocycles. The largest absolute Gasteiger partial charge is 0.486 e. The third kappa shape index (κ3) is 38.0. The van der Waals surface area contributed by atoms with Crippen molar-refractivity contribution in [3.63, 3.8) is 0 Å². The minimum atomic E-state index is -0.845. The summed E-state index contributed by atoms with van der Waals surface area (Å²) in [6.45, 7) is 14.2. The van der Waals surface area contributed by atoms with Crippen LogP contribution >= 0.6 is 183 Å². The van der Waals surface area contributed by atoms with E-state index in [-0.39, 0.29) is 94.4 Å². The van der Waals surface area contributed by atoms with Crippen LogP contribution in [0.1, 0.15) is 155 Å². The number of aryl methyl sites for hydroxylation is 5. The number of benzene rings is 10. The van der Waals surface area contributed by atoms with Crippen molar-refractivity contribution in [1.29, 1.82) is 0 Å². The number of aliphatic carboxylic acids is 5. The fourth-order valence-corrected chi connectivity index (χ4v) is 20.4. The molecule has 0 aromatic heterocycles.